The molecule has 0 bridgehead atoms. The molecule has 3 unspecified atom stereocenters. The molecule has 1 aromatic rings. The van der Waals surface area contributed by atoms with Crippen LogP contribution < -0.4 is 10.1 Å². The Morgan fingerprint density at radius 2 is 1.86 bits per heavy atom. The van der Waals surface area contributed by atoms with Gasteiger partial charge in [-0.25, -0.2) is 9.59 Å². The average Bonchev–Trinajstić information content (AvgIpc) is 3.04. The monoisotopic (exact) mass is 415 g/mol. The fraction of sp³-hybridized carbons (Fsp3) is 0.474. The van der Waals surface area contributed by atoms with Gasteiger partial charge >= 0.3 is 18.4 Å². The van der Waals surface area contributed by atoms with Gasteiger partial charge in [0.05, 0.1) is 18.9 Å². The van der Waals surface area contributed by atoms with Gasteiger partial charge < -0.3 is 18.9 Å². The van der Waals surface area contributed by atoms with E-state index in [-0.39, 0.29) is 23.4 Å². The van der Waals surface area contributed by atoms with Gasteiger partial charge in [0.2, 0.25) is 6.29 Å². The Hall–Kier alpha value is -2.91. The molecule has 0 radical (unpaired) electrons. The number of carbonyl (C=O) groups is 2. The zero-order valence-corrected chi connectivity index (χ0v) is 15.7. The molecule has 1 heterocycles. The van der Waals surface area contributed by atoms with Crippen molar-refractivity contribution in [3.63, 3.8) is 0 Å². The molecule has 1 amide bonds. The lowest BCUT2D eigenvalue weighted by Crippen LogP contribution is -2.39. The van der Waals surface area contributed by atoms with E-state index in [2.05, 4.69) is 10.1 Å². The summed E-state index contributed by atoms with van der Waals surface area (Å²) in [5.41, 5.74) is 0.643. The van der Waals surface area contributed by atoms with Crippen molar-refractivity contribution < 1.29 is 41.7 Å². The summed E-state index contributed by atoms with van der Waals surface area (Å²) in [6.45, 7) is 1.99. The van der Waals surface area contributed by atoms with E-state index in [1.54, 1.807) is 0 Å². The Kier molecular flexibility index (Phi) is 5.90. The van der Waals surface area contributed by atoms with Crippen LogP contribution in [0.3, 0.4) is 0 Å². The van der Waals surface area contributed by atoms with E-state index in [4.69, 9.17) is 14.2 Å². The van der Waals surface area contributed by atoms with Crippen LogP contribution in [0.25, 0.3) is 0 Å². The largest absolute Gasteiger partial charge is 0.573 e. The number of anilines is 1. The van der Waals surface area contributed by atoms with Crippen LogP contribution in [0.2, 0.25) is 0 Å². The maximum Gasteiger partial charge on any atom is 0.573 e. The third kappa shape index (κ3) is 4.93. The number of hydrogen-bond donors (Lipinski definition) is 1. The number of halogens is 3. The number of carbonyl (C=O) groups excluding carboxylic acids is 2. The highest BCUT2D eigenvalue weighted by Crippen LogP contribution is 2.46. The topological polar surface area (TPSA) is 83.1 Å². The summed E-state index contributed by atoms with van der Waals surface area (Å²) in [5, 5.41) is 2.43. The van der Waals surface area contributed by atoms with Gasteiger partial charge in [-0.3, -0.25) is 5.32 Å². The minimum atomic E-state index is -4.79. The lowest BCUT2D eigenvalue weighted by Gasteiger charge is -2.34. The maximum atomic E-state index is 12.2. The Morgan fingerprint density at radius 1 is 1.17 bits per heavy atom. The number of benzene rings is 1. The summed E-state index contributed by atoms with van der Waals surface area (Å²) >= 11 is 0. The van der Waals surface area contributed by atoms with Crippen molar-refractivity contribution in [1.29, 1.82) is 0 Å². The molecule has 3 rings (SSSR count). The molecule has 1 aromatic carbocycles. The molecule has 10 heteroatoms. The van der Waals surface area contributed by atoms with Gasteiger partial charge in [-0.15, -0.1) is 13.2 Å². The molecule has 2 aliphatic rings. The van der Waals surface area contributed by atoms with Crippen LogP contribution in [0.5, 0.6) is 5.75 Å². The maximum absolute atomic E-state index is 12.2. The van der Waals surface area contributed by atoms with Gasteiger partial charge in [-0.2, -0.15) is 0 Å². The minimum absolute atomic E-state index is 0.136. The SMILES string of the molecule is COC(=O)C1=COC(OC(=O)Nc2ccc(OC(F)(F)F)cc2)C2C1CC[C@@H]2C. The van der Waals surface area contributed by atoms with Crippen molar-refractivity contribution in [3.8, 4) is 5.75 Å². The standard InChI is InChI=1S/C19H20F3NO6/c1-10-3-8-13-14(16(24)26-2)9-27-17(15(10)13)28-18(25)23-11-4-6-12(7-5-11)29-19(20,21)22/h4-7,9-10,13,15,17H,3,8H2,1-2H3,(H,23,25)/t10-,13?,15?,17?/m0/s1. The summed E-state index contributed by atoms with van der Waals surface area (Å²) in [5.74, 6) is -1.07. The predicted molar refractivity (Wildman–Crippen MR) is 93.6 cm³/mol. The second-order valence-corrected chi connectivity index (χ2v) is 6.91. The number of ether oxygens (including phenoxy) is 4. The lowest BCUT2D eigenvalue weighted by molar-refractivity contribution is -0.274. The van der Waals surface area contributed by atoms with E-state index in [0.29, 0.717) is 5.57 Å². The zero-order chi connectivity index (χ0) is 21.2. The summed E-state index contributed by atoms with van der Waals surface area (Å²) < 4.78 is 56.0. The van der Waals surface area contributed by atoms with E-state index < -0.39 is 30.5 Å². The van der Waals surface area contributed by atoms with Gasteiger partial charge in [-0.05, 0) is 43.0 Å². The zero-order valence-electron chi connectivity index (χ0n) is 15.7. The Balaban J connectivity index is 1.63. The molecule has 0 aromatic heterocycles. The Bertz CT molecular complexity index is 792. The second kappa shape index (κ2) is 8.22. The molecule has 1 aliphatic heterocycles. The first kappa shape index (κ1) is 20.8. The summed E-state index contributed by atoms with van der Waals surface area (Å²) in [7, 11) is 1.29. The summed E-state index contributed by atoms with van der Waals surface area (Å²) in [6, 6.07) is 4.64. The quantitative estimate of drug-likeness (QED) is 0.742. The molecule has 1 fully saturated rings. The number of alkyl halides is 3. The lowest BCUT2D eigenvalue weighted by atomic mass is 9.83. The van der Waals surface area contributed by atoms with Crippen molar-refractivity contribution in [2.45, 2.75) is 32.4 Å². The van der Waals surface area contributed by atoms with Crippen molar-refractivity contribution in [2.75, 3.05) is 12.4 Å². The third-order valence-electron chi connectivity index (χ3n) is 5.08. The first-order chi connectivity index (χ1) is 13.7. The van der Waals surface area contributed by atoms with Crippen LogP contribution in [-0.4, -0.2) is 31.8 Å². The number of fused-ring (bicyclic) bond motifs is 1. The number of methoxy groups -OCH3 is 1. The van der Waals surface area contributed by atoms with Crippen molar-refractivity contribution in [2.24, 2.45) is 17.8 Å². The van der Waals surface area contributed by atoms with Gasteiger partial charge in [-0.1, -0.05) is 6.92 Å². The number of amides is 1. The Morgan fingerprint density at radius 3 is 2.48 bits per heavy atom. The van der Waals surface area contributed by atoms with Gasteiger partial charge in [0, 0.05) is 17.5 Å². The van der Waals surface area contributed by atoms with Crippen LogP contribution >= 0.6 is 0 Å². The van der Waals surface area contributed by atoms with Gasteiger partial charge in [0.15, 0.2) is 0 Å². The number of nitrogens with one attached hydrogen (secondary N) is 1. The van der Waals surface area contributed by atoms with Crippen LogP contribution in [0.1, 0.15) is 19.8 Å². The minimum Gasteiger partial charge on any atom is -0.466 e. The smallest absolute Gasteiger partial charge is 0.466 e. The van der Waals surface area contributed by atoms with Crippen molar-refractivity contribution in [1.82, 2.24) is 0 Å². The number of rotatable bonds is 4. The van der Waals surface area contributed by atoms with E-state index in [1.807, 2.05) is 6.92 Å². The Labute approximate surface area is 164 Å². The highest BCUT2D eigenvalue weighted by molar-refractivity contribution is 5.89. The fourth-order valence-corrected chi connectivity index (χ4v) is 3.78. The molecule has 29 heavy (non-hydrogen) atoms. The van der Waals surface area contributed by atoms with Crippen LogP contribution in [0.4, 0.5) is 23.7 Å². The first-order valence-electron chi connectivity index (χ1n) is 8.95. The average molecular weight is 415 g/mol. The van der Waals surface area contributed by atoms with Crippen LogP contribution in [0.15, 0.2) is 36.1 Å². The van der Waals surface area contributed by atoms with Gasteiger partial charge in [0.1, 0.15) is 5.75 Å². The summed E-state index contributed by atoms with van der Waals surface area (Å²) in [6.07, 6.45) is -3.65. The third-order valence-corrected chi connectivity index (χ3v) is 5.08. The van der Waals surface area contributed by atoms with E-state index in [0.717, 1.165) is 25.0 Å². The van der Waals surface area contributed by atoms with Crippen LogP contribution in [-0.2, 0) is 19.0 Å². The number of esters is 1. The highest BCUT2D eigenvalue weighted by Gasteiger charge is 2.48. The van der Waals surface area contributed by atoms with E-state index in [9.17, 15) is 22.8 Å². The fourth-order valence-electron chi connectivity index (χ4n) is 3.78. The predicted octanol–water partition coefficient (Wildman–Crippen LogP) is 4.21. The van der Waals surface area contributed by atoms with Crippen molar-refractivity contribution >= 4 is 17.7 Å². The molecular weight excluding hydrogens is 395 g/mol. The van der Waals surface area contributed by atoms with E-state index in [1.165, 1.54) is 25.5 Å². The van der Waals surface area contributed by atoms with Gasteiger partial charge in [0.25, 0.3) is 0 Å². The molecule has 7 nitrogen and oxygen atoms in total. The molecule has 1 aliphatic carbocycles. The molecular formula is C19H20F3NO6. The van der Waals surface area contributed by atoms with E-state index >= 15 is 0 Å². The number of hydrogen-bond acceptors (Lipinski definition) is 6. The molecule has 158 valence electrons. The van der Waals surface area contributed by atoms with Crippen molar-refractivity contribution in [3.05, 3.63) is 36.1 Å². The molecule has 4 atom stereocenters. The first-order valence-corrected chi connectivity index (χ1v) is 8.95. The molecule has 0 spiro atoms. The second-order valence-electron chi connectivity index (χ2n) is 6.91. The molecule has 1 N–H and O–H groups in total. The summed E-state index contributed by atoms with van der Waals surface area (Å²) in [4.78, 5) is 24.2. The molecule has 0 saturated heterocycles. The molecule has 1 saturated carbocycles. The van der Waals surface area contributed by atoms with Crippen LogP contribution in [0, 0.1) is 17.8 Å². The highest BCUT2D eigenvalue weighted by atomic mass is 19.4. The normalized spacial score (nSPS) is 25.9.